The van der Waals surface area contributed by atoms with Crippen molar-refractivity contribution in [3.63, 3.8) is 0 Å². The summed E-state index contributed by atoms with van der Waals surface area (Å²) in [5.74, 6) is 1.98. The Morgan fingerprint density at radius 2 is 1.12 bits per heavy atom. The summed E-state index contributed by atoms with van der Waals surface area (Å²) in [5, 5.41) is 23.9. The van der Waals surface area contributed by atoms with Crippen molar-refractivity contribution in [3.8, 4) is 0 Å². The zero-order chi connectivity index (χ0) is 51.2. The van der Waals surface area contributed by atoms with E-state index in [1.54, 1.807) is 4.90 Å². The Morgan fingerprint density at radius 1 is 0.597 bits per heavy atom. The van der Waals surface area contributed by atoms with Crippen molar-refractivity contribution in [3.05, 3.63) is 35.9 Å². The molecule has 4 atom stereocenters. The fourth-order valence-electron chi connectivity index (χ4n) is 15.0. The molecule has 13 heteroatoms. The first-order valence-electron chi connectivity index (χ1n) is 29.0. The average Bonchev–Trinajstić information content (AvgIpc) is 3.97. The number of carbonyl (C=O) groups excluding carboxylic acids is 5. The third kappa shape index (κ3) is 12.7. The van der Waals surface area contributed by atoms with Gasteiger partial charge in [0.25, 0.3) is 0 Å². The van der Waals surface area contributed by atoms with Gasteiger partial charge in [0.2, 0.25) is 23.6 Å². The summed E-state index contributed by atoms with van der Waals surface area (Å²) in [4.78, 5) is 74.6. The maximum Gasteiger partial charge on any atom is 0.410 e. The Kier molecular flexibility index (Phi) is 17.8. The Bertz CT molecular complexity index is 2010. The number of piperazine rings is 1. The third-order valence-corrected chi connectivity index (χ3v) is 19.8. The summed E-state index contributed by atoms with van der Waals surface area (Å²) in [6, 6.07) is 9.49. The van der Waals surface area contributed by atoms with Crippen LogP contribution in [0.5, 0.6) is 0 Å². The van der Waals surface area contributed by atoms with E-state index in [-0.39, 0.29) is 66.0 Å². The van der Waals surface area contributed by atoms with Gasteiger partial charge in [0.1, 0.15) is 13.2 Å². The van der Waals surface area contributed by atoms with Crippen molar-refractivity contribution < 1.29 is 38.9 Å². The molecule has 1 aromatic rings. The molecule has 0 aromatic heterocycles. The first-order chi connectivity index (χ1) is 34.4. The second-order valence-corrected chi connectivity index (χ2v) is 25.5. The number of rotatable bonds is 12. The van der Waals surface area contributed by atoms with E-state index in [4.69, 9.17) is 4.74 Å². The van der Waals surface area contributed by atoms with Gasteiger partial charge in [-0.15, -0.1) is 0 Å². The van der Waals surface area contributed by atoms with Crippen molar-refractivity contribution in [1.82, 2.24) is 24.5 Å². The molecule has 4 saturated carbocycles. The summed E-state index contributed by atoms with van der Waals surface area (Å²) in [7, 11) is 0. The number of aliphatic hydroxyl groups is 2. The highest BCUT2D eigenvalue weighted by molar-refractivity contribution is 5.84. The first-order valence-corrected chi connectivity index (χ1v) is 29.0. The zero-order valence-corrected chi connectivity index (χ0v) is 45.0. The van der Waals surface area contributed by atoms with Gasteiger partial charge in [-0.05, 0) is 74.2 Å². The van der Waals surface area contributed by atoms with E-state index in [2.05, 4.69) is 27.7 Å². The second-order valence-electron chi connectivity index (χ2n) is 25.5. The summed E-state index contributed by atoms with van der Waals surface area (Å²) in [5.41, 5.74) is -1.73. The SMILES string of the molecule is CC(CC1CCCCC1)C(=O)N1CCC(O)(CN2CC3(CCCCC3)CC2=O)C(C)(C)C1.CC(CC1CCCCC1)C(=O)N1CCC(O)(CN2CCN(C(=O)OCc3ccccc3)CC2=O)C2(CCCC2)C1. The molecule has 13 nitrogen and oxygen atoms in total. The highest BCUT2D eigenvalue weighted by atomic mass is 16.6. The molecule has 1 aromatic carbocycles. The fraction of sp³-hybridized carbons (Fsp3) is 0.814. The Hall–Kier alpha value is -3.71. The molecule has 0 radical (unpaired) electrons. The number of ether oxygens (including phenoxy) is 1. The van der Waals surface area contributed by atoms with E-state index in [0.717, 1.165) is 63.5 Å². The molecule has 4 aliphatic heterocycles. The van der Waals surface area contributed by atoms with Gasteiger partial charge in [-0.1, -0.05) is 154 Å². The Labute approximate surface area is 432 Å². The minimum atomic E-state index is -1.03. The molecule has 4 aliphatic carbocycles. The van der Waals surface area contributed by atoms with Crippen LogP contribution in [0.2, 0.25) is 0 Å². The van der Waals surface area contributed by atoms with Gasteiger partial charge in [0, 0.05) is 74.9 Å². The summed E-state index contributed by atoms with van der Waals surface area (Å²) in [6.45, 7) is 13.0. The lowest BCUT2D eigenvalue weighted by molar-refractivity contribution is -0.171. The molecule has 4 heterocycles. The predicted molar refractivity (Wildman–Crippen MR) is 279 cm³/mol. The Balaban J connectivity index is 0.000000197. The summed E-state index contributed by atoms with van der Waals surface area (Å²) in [6.07, 6.45) is 26.0. The number of β-amino-alcohol motifs (C(OH)–C–C–N with tert-alkyl or cyclic N) is 2. The number of benzene rings is 1. The summed E-state index contributed by atoms with van der Waals surface area (Å²) < 4.78 is 5.43. The van der Waals surface area contributed by atoms with Crippen molar-refractivity contribution in [2.24, 2.45) is 39.9 Å². The maximum atomic E-state index is 13.5. The maximum absolute atomic E-state index is 13.5. The van der Waals surface area contributed by atoms with Crippen LogP contribution in [-0.2, 0) is 30.5 Å². The van der Waals surface area contributed by atoms with Crippen molar-refractivity contribution in [1.29, 1.82) is 0 Å². The number of amides is 5. The molecule has 72 heavy (non-hydrogen) atoms. The van der Waals surface area contributed by atoms with Gasteiger partial charge in [-0.2, -0.15) is 0 Å². The van der Waals surface area contributed by atoms with Crippen LogP contribution in [0, 0.1) is 39.9 Å². The van der Waals surface area contributed by atoms with Gasteiger partial charge in [0.15, 0.2) is 0 Å². The first kappa shape index (κ1) is 54.5. The van der Waals surface area contributed by atoms with Gasteiger partial charge in [0.05, 0.1) is 24.3 Å². The molecular weight excluding hydrogens is 907 g/mol. The lowest BCUT2D eigenvalue weighted by atomic mass is 9.65. The van der Waals surface area contributed by atoms with Crippen molar-refractivity contribution in [2.45, 2.75) is 200 Å². The van der Waals surface area contributed by atoms with E-state index >= 15 is 0 Å². The molecule has 4 saturated heterocycles. The van der Waals surface area contributed by atoms with Crippen LogP contribution in [-0.4, -0.2) is 141 Å². The van der Waals surface area contributed by atoms with Crippen molar-refractivity contribution >= 4 is 29.7 Å². The van der Waals surface area contributed by atoms with Crippen LogP contribution in [0.25, 0.3) is 0 Å². The topological polar surface area (TPSA) is 151 Å². The van der Waals surface area contributed by atoms with Crippen LogP contribution in [0.1, 0.15) is 187 Å². The summed E-state index contributed by atoms with van der Waals surface area (Å²) >= 11 is 0. The number of carbonyl (C=O) groups is 5. The largest absolute Gasteiger partial charge is 0.445 e. The van der Waals surface area contributed by atoms with E-state index < -0.39 is 22.7 Å². The minimum Gasteiger partial charge on any atom is -0.445 e. The normalized spacial score (nSPS) is 28.7. The van der Waals surface area contributed by atoms with E-state index in [1.165, 1.54) is 88.4 Å². The number of hydrogen-bond donors (Lipinski definition) is 2. The molecule has 0 bridgehead atoms. The molecular formula is C59H93N5O8. The van der Waals surface area contributed by atoms with Gasteiger partial charge in [-0.3, -0.25) is 24.1 Å². The van der Waals surface area contributed by atoms with Gasteiger partial charge >= 0.3 is 6.09 Å². The second kappa shape index (κ2) is 23.5. The van der Waals surface area contributed by atoms with E-state index in [1.807, 2.05) is 45.0 Å². The molecule has 9 rings (SSSR count). The smallest absolute Gasteiger partial charge is 0.410 e. The number of nitrogens with zero attached hydrogens (tertiary/aromatic N) is 5. The molecule has 8 aliphatic rings. The third-order valence-electron chi connectivity index (χ3n) is 19.8. The monoisotopic (exact) mass is 1000 g/mol. The van der Waals surface area contributed by atoms with Crippen molar-refractivity contribution in [2.75, 3.05) is 65.4 Å². The minimum absolute atomic E-state index is 0.0176. The fourth-order valence-corrected chi connectivity index (χ4v) is 15.0. The molecule has 402 valence electrons. The van der Waals surface area contributed by atoms with E-state index in [9.17, 15) is 34.2 Å². The highest BCUT2D eigenvalue weighted by Gasteiger charge is 2.57. The van der Waals surface area contributed by atoms with E-state index in [0.29, 0.717) is 76.9 Å². The molecule has 4 unspecified atom stereocenters. The molecule has 8 fully saturated rings. The zero-order valence-electron chi connectivity index (χ0n) is 45.0. The lowest BCUT2D eigenvalue weighted by Gasteiger charge is -2.54. The van der Waals surface area contributed by atoms with Crippen LogP contribution in [0.3, 0.4) is 0 Å². The lowest BCUT2D eigenvalue weighted by Crippen LogP contribution is -2.66. The van der Waals surface area contributed by atoms with Crippen LogP contribution in [0.15, 0.2) is 30.3 Å². The highest BCUT2D eigenvalue weighted by Crippen LogP contribution is 2.52. The number of piperidine rings is 2. The van der Waals surface area contributed by atoms with Crippen LogP contribution >= 0.6 is 0 Å². The predicted octanol–water partition coefficient (Wildman–Crippen LogP) is 9.36. The molecule has 2 spiro atoms. The average molecular weight is 1000 g/mol. The molecule has 5 amide bonds. The van der Waals surface area contributed by atoms with Gasteiger partial charge < -0.3 is 34.5 Å². The molecule has 2 N–H and O–H groups in total. The number of likely N-dealkylation sites (tertiary alicyclic amines) is 3. The van der Waals surface area contributed by atoms with Crippen LogP contribution in [0.4, 0.5) is 4.79 Å². The quantitative estimate of drug-likeness (QED) is 0.210. The number of hydrogen-bond acceptors (Lipinski definition) is 8. The van der Waals surface area contributed by atoms with Gasteiger partial charge in [-0.25, -0.2) is 4.79 Å². The standard InChI is InChI=1S/C32H47N3O5.C27H46N2O3/c1-25(20-26-10-4-2-5-11-26)29(37)35-17-16-32(39,31(23-35)14-8-9-15-31)24-34-19-18-33(21-28(34)36)30(38)40-22-27-12-6-3-7-13-27;1-21(16-22-10-6-4-7-11-22)24(31)28-15-14-27(32,25(2,3)18-28)20-29-19-26(17-23(29)30)12-8-5-9-13-26/h3,6-7,12-13,25-26,39H,2,4-5,8-11,14-24H2,1H3;21-22,32H,4-20H2,1-3H3. The Morgan fingerprint density at radius 3 is 1.69 bits per heavy atom. The van der Waals surface area contributed by atoms with Crippen LogP contribution < -0.4 is 0 Å².